The lowest BCUT2D eigenvalue weighted by atomic mass is 10.2. The smallest absolute Gasteiger partial charge is 0.188 e. The third-order valence-electron chi connectivity index (χ3n) is 2.22. The van der Waals surface area contributed by atoms with E-state index in [1.807, 2.05) is 24.3 Å². The van der Waals surface area contributed by atoms with Crippen LogP contribution >= 0.6 is 23.4 Å². The largest absolute Gasteiger partial charge is 0.382 e. The standard InChI is InChI=1S/C12H11ClN4S/c13-9-4-2-1-3-8(9)7-18-12-16-6-5-10(17-12)11(14)15/h1-6H,7H2,(H3,14,15). The van der Waals surface area contributed by atoms with Crippen molar-refractivity contribution in [2.24, 2.45) is 5.73 Å². The van der Waals surface area contributed by atoms with Gasteiger partial charge in [0.25, 0.3) is 0 Å². The Morgan fingerprint density at radius 3 is 2.83 bits per heavy atom. The fourth-order valence-electron chi connectivity index (χ4n) is 1.32. The lowest BCUT2D eigenvalue weighted by molar-refractivity contribution is 0.953. The maximum Gasteiger partial charge on any atom is 0.188 e. The topological polar surface area (TPSA) is 75.7 Å². The molecule has 1 aromatic heterocycles. The predicted molar refractivity (Wildman–Crippen MR) is 74.1 cm³/mol. The van der Waals surface area contributed by atoms with E-state index in [0.29, 0.717) is 16.6 Å². The Hall–Kier alpha value is -1.59. The molecule has 2 aromatic rings. The highest BCUT2D eigenvalue weighted by Crippen LogP contribution is 2.24. The quantitative estimate of drug-likeness (QED) is 0.390. The molecule has 0 spiro atoms. The number of halogens is 1. The van der Waals surface area contributed by atoms with Crippen LogP contribution in [0.15, 0.2) is 41.7 Å². The third kappa shape index (κ3) is 3.21. The molecule has 0 unspecified atom stereocenters. The monoisotopic (exact) mass is 278 g/mol. The van der Waals surface area contributed by atoms with Gasteiger partial charge in [-0.15, -0.1) is 0 Å². The number of aromatic nitrogens is 2. The van der Waals surface area contributed by atoms with Crippen molar-refractivity contribution in [1.82, 2.24) is 9.97 Å². The Balaban J connectivity index is 2.09. The van der Waals surface area contributed by atoms with Gasteiger partial charge in [-0.05, 0) is 17.7 Å². The molecule has 0 aliphatic rings. The molecule has 0 radical (unpaired) electrons. The fourth-order valence-corrected chi connectivity index (χ4v) is 2.43. The van der Waals surface area contributed by atoms with Crippen LogP contribution in [0.2, 0.25) is 5.02 Å². The molecule has 1 heterocycles. The van der Waals surface area contributed by atoms with E-state index in [0.717, 1.165) is 10.6 Å². The van der Waals surface area contributed by atoms with E-state index in [2.05, 4.69) is 9.97 Å². The van der Waals surface area contributed by atoms with Crippen molar-refractivity contribution >= 4 is 29.2 Å². The number of rotatable bonds is 4. The number of hydrogen-bond acceptors (Lipinski definition) is 4. The molecule has 3 N–H and O–H groups in total. The maximum atomic E-state index is 7.32. The first kappa shape index (κ1) is 12.9. The number of benzene rings is 1. The molecular formula is C12H11ClN4S. The SMILES string of the molecule is N=C(N)c1ccnc(SCc2ccccc2Cl)n1. The Labute approximate surface area is 114 Å². The molecule has 0 amide bonds. The Kier molecular flexibility index (Phi) is 4.17. The summed E-state index contributed by atoms with van der Waals surface area (Å²) in [6.07, 6.45) is 1.60. The lowest BCUT2D eigenvalue weighted by Crippen LogP contribution is -2.13. The molecule has 18 heavy (non-hydrogen) atoms. The molecule has 2 rings (SSSR count). The second-order valence-electron chi connectivity index (χ2n) is 3.52. The molecule has 0 saturated heterocycles. The predicted octanol–water partition coefficient (Wildman–Crippen LogP) is 2.71. The van der Waals surface area contributed by atoms with E-state index in [-0.39, 0.29) is 5.84 Å². The van der Waals surface area contributed by atoms with Gasteiger partial charge in [-0.1, -0.05) is 41.6 Å². The number of nitrogens with two attached hydrogens (primary N) is 1. The molecule has 0 fully saturated rings. The lowest BCUT2D eigenvalue weighted by Gasteiger charge is -2.04. The average molecular weight is 279 g/mol. The summed E-state index contributed by atoms with van der Waals surface area (Å²) in [4.78, 5) is 8.30. The molecule has 1 aromatic carbocycles. The van der Waals surface area contributed by atoms with Gasteiger partial charge in [0.05, 0.1) is 0 Å². The summed E-state index contributed by atoms with van der Waals surface area (Å²) >= 11 is 7.52. The zero-order chi connectivity index (χ0) is 13.0. The first-order valence-electron chi connectivity index (χ1n) is 5.20. The minimum Gasteiger partial charge on any atom is -0.382 e. The Morgan fingerprint density at radius 2 is 2.11 bits per heavy atom. The summed E-state index contributed by atoms with van der Waals surface area (Å²) in [6, 6.07) is 9.26. The van der Waals surface area contributed by atoms with E-state index in [4.69, 9.17) is 22.7 Å². The van der Waals surface area contributed by atoms with Crippen molar-refractivity contribution in [3.63, 3.8) is 0 Å². The molecule has 0 aliphatic heterocycles. The number of nitrogen functional groups attached to an aromatic ring is 1. The molecule has 92 valence electrons. The molecular weight excluding hydrogens is 268 g/mol. The van der Waals surface area contributed by atoms with Crippen LogP contribution in [0.1, 0.15) is 11.3 Å². The Bertz CT molecular complexity index is 574. The molecule has 0 saturated carbocycles. The average Bonchev–Trinajstić information content (AvgIpc) is 2.38. The molecule has 0 atom stereocenters. The van der Waals surface area contributed by atoms with Crippen LogP contribution in [0.3, 0.4) is 0 Å². The summed E-state index contributed by atoms with van der Waals surface area (Å²) in [7, 11) is 0. The zero-order valence-electron chi connectivity index (χ0n) is 9.43. The molecule has 0 aliphatic carbocycles. The van der Waals surface area contributed by atoms with Crippen molar-refractivity contribution in [2.45, 2.75) is 10.9 Å². The van der Waals surface area contributed by atoms with Gasteiger partial charge in [0, 0.05) is 17.0 Å². The van der Waals surface area contributed by atoms with Gasteiger partial charge in [-0.25, -0.2) is 9.97 Å². The third-order valence-corrected chi connectivity index (χ3v) is 3.50. The number of nitrogens with one attached hydrogen (secondary N) is 1. The number of thioether (sulfide) groups is 1. The Morgan fingerprint density at radius 1 is 1.33 bits per heavy atom. The van der Waals surface area contributed by atoms with E-state index in [1.165, 1.54) is 11.8 Å². The van der Waals surface area contributed by atoms with Gasteiger partial charge in [0.15, 0.2) is 5.16 Å². The van der Waals surface area contributed by atoms with Crippen LogP contribution in [0.25, 0.3) is 0 Å². The van der Waals surface area contributed by atoms with Crippen LogP contribution in [0.4, 0.5) is 0 Å². The second-order valence-corrected chi connectivity index (χ2v) is 4.87. The summed E-state index contributed by atoms with van der Waals surface area (Å²) in [5, 5.41) is 8.63. The van der Waals surface area contributed by atoms with Crippen LogP contribution in [0.5, 0.6) is 0 Å². The van der Waals surface area contributed by atoms with Gasteiger partial charge in [-0.3, -0.25) is 5.41 Å². The number of nitrogens with zero attached hydrogens (tertiary/aromatic N) is 2. The van der Waals surface area contributed by atoms with Crippen LogP contribution in [-0.2, 0) is 5.75 Å². The summed E-state index contributed by atoms with van der Waals surface area (Å²) in [5.74, 6) is 0.623. The summed E-state index contributed by atoms with van der Waals surface area (Å²) < 4.78 is 0. The van der Waals surface area contributed by atoms with Crippen molar-refractivity contribution in [1.29, 1.82) is 5.41 Å². The van der Waals surface area contributed by atoms with E-state index >= 15 is 0 Å². The number of hydrogen-bond donors (Lipinski definition) is 2. The molecule has 4 nitrogen and oxygen atoms in total. The van der Waals surface area contributed by atoms with Gasteiger partial charge >= 0.3 is 0 Å². The summed E-state index contributed by atoms with van der Waals surface area (Å²) in [6.45, 7) is 0. The van der Waals surface area contributed by atoms with Crippen molar-refractivity contribution < 1.29 is 0 Å². The second kappa shape index (κ2) is 5.84. The van der Waals surface area contributed by atoms with Crippen LogP contribution in [-0.4, -0.2) is 15.8 Å². The first-order valence-corrected chi connectivity index (χ1v) is 6.57. The maximum absolute atomic E-state index is 7.32. The highest BCUT2D eigenvalue weighted by molar-refractivity contribution is 7.98. The minimum absolute atomic E-state index is 0.0583. The van der Waals surface area contributed by atoms with Gasteiger partial charge in [0.2, 0.25) is 0 Å². The van der Waals surface area contributed by atoms with Crippen LogP contribution < -0.4 is 5.73 Å². The van der Waals surface area contributed by atoms with Crippen molar-refractivity contribution in [3.8, 4) is 0 Å². The van der Waals surface area contributed by atoms with Gasteiger partial charge in [0.1, 0.15) is 11.5 Å². The van der Waals surface area contributed by atoms with Crippen molar-refractivity contribution in [3.05, 3.63) is 52.8 Å². The van der Waals surface area contributed by atoms with E-state index in [9.17, 15) is 0 Å². The van der Waals surface area contributed by atoms with E-state index < -0.39 is 0 Å². The highest BCUT2D eigenvalue weighted by Gasteiger charge is 2.04. The number of amidine groups is 1. The highest BCUT2D eigenvalue weighted by atomic mass is 35.5. The van der Waals surface area contributed by atoms with Gasteiger partial charge in [-0.2, -0.15) is 0 Å². The molecule has 6 heteroatoms. The normalized spacial score (nSPS) is 10.3. The summed E-state index contributed by atoms with van der Waals surface area (Å²) in [5.41, 5.74) is 6.84. The van der Waals surface area contributed by atoms with Gasteiger partial charge < -0.3 is 5.73 Å². The minimum atomic E-state index is -0.0583. The first-order chi connectivity index (χ1) is 8.66. The van der Waals surface area contributed by atoms with Crippen molar-refractivity contribution in [2.75, 3.05) is 0 Å². The van der Waals surface area contributed by atoms with E-state index in [1.54, 1.807) is 12.3 Å². The molecule has 0 bridgehead atoms. The fraction of sp³-hybridized carbons (Fsp3) is 0.0833. The zero-order valence-corrected chi connectivity index (χ0v) is 11.0. The van der Waals surface area contributed by atoms with Crippen LogP contribution in [0, 0.1) is 5.41 Å².